The molecule has 2 nitrogen and oxygen atoms in total. The molecule has 0 aliphatic rings. The van der Waals surface area contributed by atoms with Gasteiger partial charge in [0.15, 0.2) is 6.29 Å². The van der Waals surface area contributed by atoms with E-state index in [0.717, 1.165) is 5.56 Å². The second-order valence-corrected chi connectivity index (χ2v) is 2.37. The van der Waals surface area contributed by atoms with Crippen molar-refractivity contribution in [1.29, 1.82) is 0 Å². The van der Waals surface area contributed by atoms with Crippen molar-refractivity contribution in [2.75, 3.05) is 0 Å². The first-order valence-electron chi connectivity index (χ1n) is 3.50. The van der Waals surface area contributed by atoms with Gasteiger partial charge in [-0.3, -0.25) is 4.79 Å². The number of hydrogen-bond donors (Lipinski definition) is 1. The lowest BCUT2D eigenvalue weighted by Crippen LogP contribution is -2.09. The zero-order chi connectivity index (χ0) is 8.10. The maximum absolute atomic E-state index is 9.98. The number of rotatable bonds is 3. The molecule has 0 heterocycles. The Kier molecular flexibility index (Phi) is 2.81. The van der Waals surface area contributed by atoms with Crippen LogP contribution in [0.2, 0.25) is 0 Å². The van der Waals surface area contributed by atoms with Crippen LogP contribution in [0.5, 0.6) is 0 Å². The van der Waals surface area contributed by atoms with Crippen LogP contribution in [0, 0.1) is 0 Å². The fraction of sp³-hybridized carbons (Fsp3) is 0.222. The van der Waals surface area contributed by atoms with Crippen LogP contribution in [-0.4, -0.2) is 6.29 Å². The number of benzene rings is 1. The smallest absolute Gasteiger partial charge is 0.200 e. The fourth-order valence-corrected chi connectivity index (χ4v) is 0.908. The van der Waals surface area contributed by atoms with Crippen LogP contribution in [0.1, 0.15) is 18.0 Å². The van der Waals surface area contributed by atoms with Gasteiger partial charge in [0.05, 0.1) is 0 Å². The molecule has 0 aliphatic carbocycles. The Morgan fingerprint density at radius 3 is 2.55 bits per heavy atom. The van der Waals surface area contributed by atoms with Crippen molar-refractivity contribution in [3.63, 3.8) is 0 Å². The summed E-state index contributed by atoms with van der Waals surface area (Å²) >= 11 is 0. The quantitative estimate of drug-likeness (QED) is 0.699. The van der Waals surface area contributed by atoms with Crippen molar-refractivity contribution in [3.05, 3.63) is 35.9 Å². The topological polar surface area (TPSA) is 43.1 Å². The Morgan fingerprint density at radius 1 is 1.36 bits per heavy atom. The summed E-state index contributed by atoms with van der Waals surface area (Å²) in [6, 6.07) is 9.33. The largest absolute Gasteiger partial charge is 0.324 e. The lowest BCUT2D eigenvalue weighted by atomic mass is 10.1. The van der Waals surface area contributed by atoms with E-state index >= 15 is 0 Å². The van der Waals surface area contributed by atoms with Gasteiger partial charge in [0.2, 0.25) is 0 Å². The van der Waals surface area contributed by atoms with E-state index in [2.05, 4.69) is 0 Å². The molecule has 2 heteroatoms. The van der Waals surface area contributed by atoms with Gasteiger partial charge in [-0.25, -0.2) is 0 Å². The molecule has 0 fully saturated rings. The lowest BCUT2D eigenvalue weighted by molar-refractivity contribution is 0.543. The van der Waals surface area contributed by atoms with Crippen LogP contribution < -0.4 is 5.73 Å². The van der Waals surface area contributed by atoms with Crippen molar-refractivity contribution >= 4 is 6.29 Å². The molecular weight excluding hydrogens is 138 g/mol. The Morgan fingerprint density at radius 2 is 2.00 bits per heavy atom. The molecule has 0 aliphatic heterocycles. The third-order valence-electron chi connectivity index (χ3n) is 1.53. The van der Waals surface area contributed by atoms with Gasteiger partial charge >= 0.3 is 0 Å². The Balaban J connectivity index is 2.68. The Hall–Kier alpha value is -1.15. The lowest BCUT2D eigenvalue weighted by Gasteiger charge is -2.05. The minimum absolute atomic E-state index is 0.200. The van der Waals surface area contributed by atoms with Gasteiger partial charge in [-0.1, -0.05) is 30.3 Å². The fourth-order valence-electron chi connectivity index (χ4n) is 0.908. The highest BCUT2D eigenvalue weighted by Gasteiger charge is 2.02. The summed E-state index contributed by atoms with van der Waals surface area (Å²) in [4.78, 5) is 9.98. The van der Waals surface area contributed by atoms with Crippen LogP contribution >= 0.6 is 0 Å². The highest BCUT2D eigenvalue weighted by atomic mass is 16.1. The van der Waals surface area contributed by atoms with E-state index in [4.69, 9.17) is 5.73 Å². The van der Waals surface area contributed by atoms with Crippen molar-refractivity contribution in [3.8, 4) is 0 Å². The van der Waals surface area contributed by atoms with E-state index in [9.17, 15) is 4.79 Å². The molecule has 1 radical (unpaired) electrons. The van der Waals surface area contributed by atoms with E-state index in [1.807, 2.05) is 30.3 Å². The summed E-state index contributed by atoms with van der Waals surface area (Å²) in [5, 5.41) is 0. The van der Waals surface area contributed by atoms with Crippen LogP contribution in [-0.2, 0) is 4.79 Å². The van der Waals surface area contributed by atoms with Gasteiger partial charge in [-0.2, -0.15) is 0 Å². The summed E-state index contributed by atoms with van der Waals surface area (Å²) in [7, 11) is 0. The monoisotopic (exact) mass is 148 g/mol. The molecule has 1 rings (SSSR count). The minimum Gasteiger partial charge on any atom is -0.324 e. The molecule has 2 N–H and O–H groups in total. The Labute approximate surface area is 66.0 Å². The molecule has 0 spiro atoms. The van der Waals surface area contributed by atoms with Crippen LogP contribution in [0.3, 0.4) is 0 Å². The molecule has 0 saturated carbocycles. The van der Waals surface area contributed by atoms with E-state index in [1.165, 1.54) is 0 Å². The SMILES string of the molecule is N[C@@H](C[C]=O)c1ccccc1. The highest BCUT2D eigenvalue weighted by molar-refractivity contribution is 5.52. The van der Waals surface area contributed by atoms with Crippen LogP contribution in [0.25, 0.3) is 0 Å². The standard InChI is InChI=1S/C9H10NO/c10-9(6-7-11)8-4-2-1-3-5-8/h1-5,9H,6,10H2/t9-/m0/s1. The van der Waals surface area contributed by atoms with Gasteiger partial charge in [0.25, 0.3) is 0 Å². The summed E-state index contributed by atoms with van der Waals surface area (Å²) in [5.74, 6) is 0. The zero-order valence-electron chi connectivity index (χ0n) is 6.16. The van der Waals surface area contributed by atoms with E-state index in [1.54, 1.807) is 6.29 Å². The number of hydrogen-bond acceptors (Lipinski definition) is 2. The van der Waals surface area contributed by atoms with Gasteiger partial charge in [-0.15, -0.1) is 0 Å². The first-order valence-corrected chi connectivity index (χ1v) is 3.50. The number of nitrogens with two attached hydrogens (primary N) is 1. The third kappa shape index (κ3) is 2.16. The Bertz CT molecular complexity index is 220. The molecule has 0 unspecified atom stereocenters. The maximum Gasteiger partial charge on any atom is 0.200 e. The normalized spacial score (nSPS) is 12.5. The van der Waals surface area contributed by atoms with E-state index in [0.29, 0.717) is 0 Å². The van der Waals surface area contributed by atoms with E-state index < -0.39 is 0 Å². The van der Waals surface area contributed by atoms with Gasteiger partial charge in [-0.05, 0) is 5.56 Å². The molecule has 1 aromatic rings. The van der Waals surface area contributed by atoms with Gasteiger partial charge in [0.1, 0.15) is 0 Å². The van der Waals surface area contributed by atoms with Crippen molar-refractivity contribution in [2.45, 2.75) is 12.5 Å². The second-order valence-electron chi connectivity index (χ2n) is 2.37. The summed E-state index contributed by atoms with van der Waals surface area (Å²) < 4.78 is 0. The predicted molar refractivity (Wildman–Crippen MR) is 43.7 cm³/mol. The molecule has 57 valence electrons. The molecule has 0 amide bonds. The van der Waals surface area contributed by atoms with Crippen molar-refractivity contribution < 1.29 is 4.79 Å². The molecule has 11 heavy (non-hydrogen) atoms. The molecule has 0 aromatic heterocycles. The first-order chi connectivity index (χ1) is 5.34. The van der Waals surface area contributed by atoms with Crippen molar-refractivity contribution in [2.24, 2.45) is 5.73 Å². The average Bonchev–Trinajstić information content (AvgIpc) is 2.07. The summed E-state index contributed by atoms with van der Waals surface area (Å²) in [6.07, 6.45) is 2.06. The average molecular weight is 148 g/mol. The van der Waals surface area contributed by atoms with Gasteiger partial charge < -0.3 is 5.73 Å². The summed E-state index contributed by atoms with van der Waals surface area (Å²) in [5.41, 5.74) is 6.63. The molecular formula is C9H10NO. The molecule has 1 aromatic carbocycles. The molecule has 1 atom stereocenters. The first kappa shape index (κ1) is 7.95. The summed E-state index contributed by atoms with van der Waals surface area (Å²) in [6.45, 7) is 0. The van der Waals surface area contributed by atoms with Crippen LogP contribution in [0.15, 0.2) is 30.3 Å². The number of carbonyl (C=O) groups excluding carboxylic acids is 1. The highest BCUT2D eigenvalue weighted by Crippen LogP contribution is 2.10. The molecule has 0 bridgehead atoms. The predicted octanol–water partition coefficient (Wildman–Crippen LogP) is 1.19. The minimum atomic E-state index is -0.200. The third-order valence-corrected chi connectivity index (χ3v) is 1.53. The van der Waals surface area contributed by atoms with Crippen molar-refractivity contribution in [1.82, 2.24) is 0 Å². The van der Waals surface area contributed by atoms with E-state index in [-0.39, 0.29) is 12.5 Å². The zero-order valence-corrected chi connectivity index (χ0v) is 6.16. The second kappa shape index (κ2) is 3.88. The molecule has 0 saturated heterocycles. The van der Waals surface area contributed by atoms with Crippen LogP contribution in [0.4, 0.5) is 0 Å². The maximum atomic E-state index is 9.98. The van der Waals surface area contributed by atoms with Gasteiger partial charge in [0, 0.05) is 12.5 Å².